The summed E-state index contributed by atoms with van der Waals surface area (Å²) in [6, 6.07) is 2.80. The molecule has 13 heteroatoms. The van der Waals surface area contributed by atoms with Crippen molar-refractivity contribution in [1.82, 2.24) is 20.5 Å². The number of carbonyl (C=O) groups is 5. The number of rotatable bonds is 12. The van der Waals surface area contributed by atoms with Crippen LogP contribution in [0.1, 0.15) is 38.2 Å². The molecule has 206 valence electrons. The molecule has 1 aromatic carbocycles. The molecule has 0 aliphatic carbocycles. The van der Waals surface area contributed by atoms with Crippen LogP contribution in [-0.4, -0.2) is 86.5 Å². The van der Waals surface area contributed by atoms with Crippen molar-refractivity contribution >= 4 is 40.5 Å². The highest BCUT2D eigenvalue weighted by atomic mass is 16.4. The van der Waals surface area contributed by atoms with Gasteiger partial charge in [0.2, 0.25) is 23.6 Å². The van der Waals surface area contributed by atoms with E-state index >= 15 is 0 Å². The van der Waals surface area contributed by atoms with E-state index in [1.807, 2.05) is 24.3 Å². The molecule has 1 aliphatic rings. The van der Waals surface area contributed by atoms with Crippen molar-refractivity contribution in [2.24, 2.45) is 11.5 Å². The number of aliphatic hydroxyl groups is 1. The molecule has 0 radical (unpaired) electrons. The van der Waals surface area contributed by atoms with E-state index in [9.17, 15) is 34.2 Å². The minimum Gasteiger partial charge on any atom is -0.480 e. The fourth-order valence-electron chi connectivity index (χ4n) is 4.57. The van der Waals surface area contributed by atoms with Gasteiger partial charge in [-0.05, 0) is 44.2 Å². The number of nitrogens with zero attached hydrogens (tertiary/aromatic N) is 1. The highest BCUT2D eigenvalue weighted by molar-refractivity contribution is 5.95. The lowest BCUT2D eigenvalue weighted by Crippen LogP contribution is -2.59. The van der Waals surface area contributed by atoms with Crippen molar-refractivity contribution in [3.05, 3.63) is 36.0 Å². The highest BCUT2D eigenvalue weighted by Gasteiger charge is 2.40. The van der Waals surface area contributed by atoms with Gasteiger partial charge in [-0.3, -0.25) is 19.2 Å². The number of aliphatic hydroxyl groups excluding tert-OH is 1. The predicted octanol–water partition coefficient (Wildman–Crippen LogP) is -1.27. The number of carboxylic acid groups (broad SMARTS) is 1. The SMILES string of the molecule is CC(O)C(NC(=O)C(N)Cc1c[nH]c2ccccc12)C(=O)N1CCCC1C(=O)NC(CCC(N)=O)C(=O)O. The van der Waals surface area contributed by atoms with Gasteiger partial charge in [0.1, 0.15) is 18.1 Å². The summed E-state index contributed by atoms with van der Waals surface area (Å²) in [6.07, 6.45) is 0.947. The second-order valence-corrected chi connectivity index (χ2v) is 9.49. The summed E-state index contributed by atoms with van der Waals surface area (Å²) >= 11 is 0. The Balaban J connectivity index is 1.66. The number of benzene rings is 1. The Hall–Kier alpha value is -3.97. The first kappa shape index (κ1) is 28.6. The number of hydrogen-bond acceptors (Lipinski definition) is 7. The van der Waals surface area contributed by atoms with E-state index in [0.717, 1.165) is 16.5 Å². The van der Waals surface area contributed by atoms with Crippen molar-refractivity contribution in [2.45, 2.75) is 69.3 Å². The van der Waals surface area contributed by atoms with E-state index in [1.165, 1.54) is 11.8 Å². The van der Waals surface area contributed by atoms with Crippen LogP contribution in [0.3, 0.4) is 0 Å². The smallest absolute Gasteiger partial charge is 0.326 e. The number of primary amides is 1. The van der Waals surface area contributed by atoms with Crippen molar-refractivity contribution in [3.63, 3.8) is 0 Å². The summed E-state index contributed by atoms with van der Waals surface area (Å²) in [7, 11) is 0. The minimum absolute atomic E-state index is 0.177. The maximum atomic E-state index is 13.3. The van der Waals surface area contributed by atoms with Crippen LogP contribution in [0, 0.1) is 0 Å². The molecule has 4 amide bonds. The normalized spacial score (nSPS) is 18.4. The molecule has 1 saturated heterocycles. The maximum absolute atomic E-state index is 13.3. The molecule has 1 aromatic heterocycles. The Kier molecular flexibility index (Phi) is 9.42. The number of hydrogen-bond donors (Lipinski definition) is 7. The van der Waals surface area contributed by atoms with Crippen molar-refractivity contribution in [3.8, 4) is 0 Å². The van der Waals surface area contributed by atoms with Crippen molar-refractivity contribution in [1.29, 1.82) is 0 Å². The number of nitrogens with one attached hydrogen (secondary N) is 3. The molecular weight excluding hydrogens is 496 g/mol. The number of amides is 4. The van der Waals surface area contributed by atoms with Gasteiger partial charge in [-0.15, -0.1) is 0 Å². The molecule has 5 atom stereocenters. The lowest BCUT2D eigenvalue weighted by molar-refractivity contribution is -0.146. The van der Waals surface area contributed by atoms with Gasteiger partial charge >= 0.3 is 5.97 Å². The molecule has 38 heavy (non-hydrogen) atoms. The molecule has 0 spiro atoms. The topological polar surface area (TPSA) is 221 Å². The molecule has 3 rings (SSSR count). The summed E-state index contributed by atoms with van der Waals surface area (Å²) in [5.74, 6) is -4.09. The number of carbonyl (C=O) groups excluding carboxylic acids is 4. The number of nitrogens with two attached hydrogens (primary N) is 2. The zero-order chi connectivity index (χ0) is 28.0. The van der Waals surface area contributed by atoms with Crippen LogP contribution >= 0.6 is 0 Å². The Morgan fingerprint density at radius 3 is 2.55 bits per heavy atom. The molecule has 9 N–H and O–H groups in total. The number of carboxylic acids is 1. The number of likely N-dealkylation sites (tertiary alicyclic amines) is 1. The van der Waals surface area contributed by atoms with Gasteiger partial charge in [-0.25, -0.2) is 4.79 Å². The van der Waals surface area contributed by atoms with Gasteiger partial charge < -0.3 is 42.2 Å². The van der Waals surface area contributed by atoms with Crippen LogP contribution in [0.2, 0.25) is 0 Å². The van der Waals surface area contributed by atoms with Crippen LogP contribution in [-0.2, 0) is 30.4 Å². The number of H-pyrrole nitrogens is 1. The van der Waals surface area contributed by atoms with Crippen LogP contribution in [0.25, 0.3) is 10.9 Å². The molecule has 2 heterocycles. The third-order valence-electron chi connectivity index (χ3n) is 6.63. The maximum Gasteiger partial charge on any atom is 0.326 e. The van der Waals surface area contributed by atoms with Gasteiger partial charge in [-0.2, -0.15) is 0 Å². The number of fused-ring (bicyclic) bond motifs is 1. The first-order valence-corrected chi connectivity index (χ1v) is 12.4. The standard InChI is InChI=1S/C25H34N6O7/c1-13(32)21(30-22(34)16(26)11-14-12-28-17-6-3-2-5-15(14)17)24(36)31-10-4-7-19(31)23(35)29-18(25(37)38)8-9-20(27)33/h2-3,5-6,12-13,16,18-19,21,28,32H,4,7-11,26H2,1H3,(H2,27,33)(H,29,35)(H,30,34)(H,37,38). The van der Waals surface area contributed by atoms with Crippen molar-refractivity contribution < 1.29 is 34.2 Å². The number of aromatic nitrogens is 1. The number of aliphatic carboxylic acids is 1. The second kappa shape index (κ2) is 12.5. The second-order valence-electron chi connectivity index (χ2n) is 9.49. The molecule has 5 unspecified atom stereocenters. The predicted molar refractivity (Wildman–Crippen MR) is 136 cm³/mol. The average Bonchev–Trinajstić information content (AvgIpc) is 3.51. The van der Waals surface area contributed by atoms with E-state index < -0.39 is 59.9 Å². The van der Waals surface area contributed by atoms with E-state index in [2.05, 4.69) is 15.6 Å². The molecule has 1 aliphatic heterocycles. The van der Waals surface area contributed by atoms with Crippen LogP contribution in [0.4, 0.5) is 0 Å². The quantitative estimate of drug-likeness (QED) is 0.175. The van der Waals surface area contributed by atoms with E-state index in [0.29, 0.717) is 6.42 Å². The Morgan fingerprint density at radius 1 is 1.18 bits per heavy atom. The first-order chi connectivity index (χ1) is 18.0. The van der Waals surface area contributed by atoms with E-state index in [1.54, 1.807) is 6.20 Å². The van der Waals surface area contributed by atoms with Crippen LogP contribution < -0.4 is 22.1 Å². The summed E-state index contributed by atoms with van der Waals surface area (Å²) in [5, 5.41) is 25.5. The van der Waals surface area contributed by atoms with Crippen LogP contribution in [0.5, 0.6) is 0 Å². The van der Waals surface area contributed by atoms with Gasteiger partial charge in [0.05, 0.1) is 12.1 Å². The zero-order valence-corrected chi connectivity index (χ0v) is 21.1. The molecule has 0 bridgehead atoms. The van der Waals surface area contributed by atoms with E-state index in [4.69, 9.17) is 11.5 Å². The fourth-order valence-corrected chi connectivity index (χ4v) is 4.57. The van der Waals surface area contributed by atoms with Crippen molar-refractivity contribution in [2.75, 3.05) is 6.54 Å². The Bertz CT molecular complexity index is 1200. The summed E-state index contributed by atoms with van der Waals surface area (Å²) in [5.41, 5.74) is 12.9. The molecule has 2 aromatic rings. The first-order valence-electron chi connectivity index (χ1n) is 12.4. The molecule has 0 saturated carbocycles. The largest absolute Gasteiger partial charge is 0.480 e. The minimum atomic E-state index is -1.37. The zero-order valence-electron chi connectivity index (χ0n) is 21.1. The Morgan fingerprint density at radius 2 is 1.89 bits per heavy atom. The third-order valence-corrected chi connectivity index (χ3v) is 6.63. The average molecular weight is 531 g/mol. The highest BCUT2D eigenvalue weighted by Crippen LogP contribution is 2.21. The molecular formula is C25H34N6O7. The summed E-state index contributed by atoms with van der Waals surface area (Å²) in [6.45, 7) is 1.51. The Labute approximate surface area is 218 Å². The third kappa shape index (κ3) is 6.86. The van der Waals surface area contributed by atoms with Gasteiger partial charge in [-0.1, -0.05) is 18.2 Å². The molecule has 1 fully saturated rings. The van der Waals surface area contributed by atoms with Gasteiger partial charge in [0.25, 0.3) is 0 Å². The summed E-state index contributed by atoms with van der Waals surface area (Å²) < 4.78 is 0. The van der Waals surface area contributed by atoms with E-state index in [-0.39, 0.29) is 32.2 Å². The van der Waals surface area contributed by atoms with Gasteiger partial charge in [0.15, 0.2) is 0 Å². The lowest BCUT2D eigenvalue weighted by Gasteiger charge is -2.31. The van der Waals surface area contributed by atoms with Crippen LogP contribution in [0.15, 0.2) is 30.5 Å². The lowest BCUT2D eigenvalue weighted by atomic mass is 10.0. The fraction of sp³-hybridized carbons (Fsp3) is 0.480. The summed E-state index contributed by atoms with van der Waals surface area (Å²) in [4.78, 5) is 66.0. The molecule has 13 nitrogen and oxygen atoms in total. The monoisotopic (exact) mass is 530 g/mol. The number of para-hydroxylation sites is 1. The van der Waals surface area contributed by atoms with Gasteiger partial charge in [0, 0.05) is 30.1 Å². The number of aromatic amines is 1.